The zero-order chi connectivity index (χ0) is 24.4. The van der Waals surface area contributed by atoms with E-state index in [1.165, 1.54) is 17.0 Å². The van der Waals surface area contributed by atoms with E-state index in [-0.39, 0.29) is 24.5 Å². The van der Waals surface area contributed by atoms with E-state index in [9.17, 15) is 14.9 Å². The maximum atomic E-state index is 12.9. The number of fused-ring (bicyclic) bond motifs is 3. The molecule has 0 saturated carbocycles. The molecule has 0 bridgehead atoms. The Morgan fingerprint density at radius 3 is 2.60 bits per heavy atom. The SMILES string of the molecule is COc1cc(-c2nc3sc4c(c3c(=O)[nH]2)CCCC4)ccc1OCCOc1ccc([N+](=O)[O-])cc1. The average Bonchev–Trinajstić information content (AvgIpc) is 3.26. The fraction of sp³-hybridized carbons (Fsp3) is 0.280. The van der Waals surface area contributed by atoms with Crippen LogP contribution in [-0.2, 0) is 12.8 Å². The molecule has 5 rings (SSSR count). The molecule has 2 aromatic carbocycles. The second-order valence-corrected chi connectivity index (χ2v) is 9.20. The van der Waals surface area contributed by atoms with E-state index in [0.29, 0.717) is 23.1 Å². The topological polar surface area (TPSA) is 117 Å². The number of nitrogens with one attached hydrogen (secondary N) is 1. The first kappa shape index (κ1) is 22.9. The molecule has 2 heterocycles. The Morgan fingerprint density at radius 1 is 1.06 bits per heavy atom. The van der Waals surface area contributed by atoms with E-state index in [0.717, 1.165) is 47.0 Å². The number of aromatic amines is 1. The summed E-state index contributed by atoms with van der Waals surface area (Å²) in [7, 11) is 1.55. The standard InChI is InChI=1S/C25H23N3O6S/c1-32-20-14-15(23-26-24(29)22-18-4-2-3-5-21(18)35-25(22)27-23)6-11-19(20)34-13-12-33-17-9-7-16(8-10-17)28(30)31/h6-11,14H,2-5,12-13H2,1H3,(H,26,27,29). The number of benzene rings is 2. The third-order valence-corrected chi connectivity index (χ3v) is 7.10. The van der Waals surface area contributed by atoms with Crippen molar-refractivity contribution in [3.8, 4) is 28.6 Å². The van der Waals surface area contributed by atoms with Gasteiger partial charge in [0.05, 0.1) is 17.4 Å². The number of aromatic nitrogens is 2. The monoisotopic (exact) mass is 493 g/mol. The molecule has 10 heteroatoms. The highest BCUT2D eigenvalue weighted by atomic mass is 32.1. The first-order valence-electron chi connectivity index (χ1n) is 11.3. The second kappa shape index (κ2) is 9.75. The molecule has 0 saturated heterocycles. The normalized spacial score (nSPS) is 12.8. The highest BCUT2D eigenvalue weighted by Gasteiger charge is 2.20. The van der Waals surface area contributed by atoms with Gasteiger partial charge in [-0.3, -0.25) is 14.9 Å². The molecule has 0 fully saturated rings. The lowest BCUT2D eigenvalue weighted by molar-refractivity contribution is -0.384. The molecule has 4 aromatic rings. The molecule has 2 aromatic heterocycles. The number of rotatable bonds is 8. The summed E-state index contributed by atoms with van der Waals surface area (Å²) in [4.78, 5) is 32.9. The Hall–Kier alpha value is -3.92. The van der Waals surface area contributed by atoms with Gasteiger partial charge >= 0.3 is 0 Å². The Labute approximate surface area is 204 Å². The van der Waals surface area contributed by atoms with E-state index >= 15 is 0 Å². The predicted octanol–water partition coefficient (Wildman–Crippen LogP) is 4.91. The van der Waals surface area contributed by atoms with Gasteiger partial charge in [0.25, 0.3) is 11.2 Å². The van der Waals surface area contributed by atoms with Crippen molar-refractivity contribution in [1.29, 1.82) is 0 Å². The lowest BCUT2D eigenvalue weighted by Crippen LogP contribution is -2.11. The summed E-state index contributed by atoms with van der Waals surface area (Å²) in [5, 5.41) is 11.5. The van der Waals surface area contributed by atoms with Gasteiger partial charge in [-0.1, -0.05) is 0 Å². The van der Waals surface area contributed by atoms with Crippen LogP contribution in [0, 0.1) is 10.1 Å². The van der Waals surface area contributed by atoms with Crippen LogP contribution in [0.1, 0.15) is 23.3 Å². The minimum absolute atomic E-state index is 0.00656. The minimum Gasteiger partial charge on any atom is -0.493 e. The van der Waals surface area contributed by atoms with E-state index in [4.69, 9.17) is 19.2 Å². The van der Waals surface area contributed by atoms with Crippen molar-refractivity contribution in [3.05, 3.63) is 73.4 Å². The molecular formula is C25H23N3O6S. The van der Waals surface area contributed by atoms with E-state index in [1.54, 1.807) is 42.7 Å². The third-order valence-electron chi connectivity index (χ3n) is 5.92. The molecule has 9 nitrogen and oxygen atoms in total. The Balaban J connectivity index is 1.29. The van der Waals surface area contributed by atoms with Gasteiger partial charge in [0.2, 0.25) is 0 Å². The quantitative estimate of drug-likeness (QED) is 0.211. The van der Waals surface area contributed by atoms with Crippen LogP contribution < -0.4 is 19.8 Å². The summed E-state index contributed by atoms with van der Waals surface area (Å²) < 4.78 is 16.9. The molecule has 0 unspecified atom stereocenters. The number of nitro benzene ring substituents is 1. The van der Waals surface area contributed by atoms with Crippen molar-refractivity contribution in [1.82, 2.24) is 9.97 Å². The fourth-order valence-electron chi connectivity index (χ4n) is 4.21. The summed E-state index contributed by atoms with van der Waals surface area (Å²) >= 11 is 1.62. The van der Waals surface area contributed by atoms with Crippen LogP contribution in [0.25, 0.3) is 21.6 Å². The summed E-state index contributed by atoms with van der Waals surface area (Å²) in [6, 6.07) is 11.2. The molecule has 0 amide bonds. The molecular weight excluding hydrogens is 470 g/mol. The van der Waals surface area contributed by atoms with Gasteiger partial charge in [-0.15, -0.1) is 11.3 Å². The Morgan fingerprint density at radius 2 is 1.83 bits per heavy atom. The lowest BCUT2D eigenvalue weighted by Gasteiger charge is -2.13. The van der Waals surface area contributed by atoms with E-state index in [2.05, 4.69) is 4.98 Å². The number of H-pyrrole nitrogens is 1. The Kier molecular flexibility index (Phi) is 6.37. The Bertz CT molecular complexity index is 1440. The van der Waals surface area contributed by atoms with Gasteiger partial charge in [0.1, 0.15) is 29.6 Å². The first-order chi connectivity index (χ1) is 17.0. The number of methoxy groups -OCH3 is 1. The summed E-state index contributed by atoms with van der Waals surface area (Å²) in [5.41, 5.74) is 1.79. The van der Waals surface area contributed by atoms with Gasteiger partial charge in [-0.05, 0) is 61.6 Å². The highest BCUT2D eigenvalue weighted by Crippen LogP contribution is 2.35. The van der Waals surface area contributed by atoms with Crippen LogP contribution in [0.2, 0.25) is 0 Å². The summed E-state index contributed by atoms with van der Waals surface area (Å²) in [5.74, 6) is 2.04. The van der Waals surface area contributed by atoms with Gasteiger partial charge < -0.3 is 19.2 Å². The molecule has 1 aliphatic rings. The van der Waals surface area contributed by atoms with Crippen LogP contribution in [0.15, 0.2) is 47.3 Å². The fourth-order valence-corrected chi connectivity index (χ4v) is 5.47. The van der Waals surface area contributed by atoms with Crippen LogP contribution in [0.4, 0.5) is 5.69 Å². The maximum absolute atomic E-state index is 12.9. The molecule has 1 aliphatic carbocycles. The summed E-state index contributed by atoms with van der Waals surface area (Å²) in [6.07, 6.45) is 4.21. The number of ether oxygens (including phenoxy) is 3. The van der Waals surface area contributed by atoms with E-state index < -0.39 is 4.92 Å². The first-order valence-corrected chi connectivity index (χ1v) is 12.1. The smallest absolute Gasteiger partial charge is 0.269 e. The molecule has 0 aliphatic heterocycles. The number of hydrogen-bond donors (Lipinski definition) is 1. The van der Waals surface area contributed by atoms with Crippen LogP contribution >= 0.6 is 11.3 Å². The molecule has 180 valence electrons. The molecule has 0 atom stereocenters. The minimum atomic E-state index is -0.458. The van der Waals surface area contributed by atoms with Gasteiger partial charge in [0.15, 0.2) is 11.5 Å². The molecule has 0 spiro atoms. The molecule has 35 heavy (non-hydrogen) atoms. The van der Waals surface area contributed by atoms with Gasteiger partial charge in [-0.25, -0.2) is 4.98 Å². The van der Waals surface area contributed by atoms with Crippen molar-refractivity contribution in [2.24, 2.45) is 0 Å². The summed E-state index contributed by atoms with van der Waals surface area (Å²) in [6.45, 7) is 0.492. The maximum Gasteiger partial charge on any atom is 0.269 e. The molecule has 0 radical (unpaired) electrons. The van der Waals surface area contributed by atoms with Crippen molar-refractivity contribution in [2.45, 2.75) is 25.7 Å². The number of hydrogen-bond acceptors (Lipinski definition) is 8. The number of nitro groups is 1. The van der Waals surface area contributed by atoms with Crippen LogP contribution in [-0.4, -0.2) is 35.2 Å². The highest BCUT2D eigenvalue weighted by molar-refractivity contribution is 7.18. The lowest BCUT2D eigenvalue weighted by atomic mass is 9.97. The van der Waals surface area contributed by atoms with Crippen LogP contribution in [0.3, 0.4) is 0 Å². The number of aryl methyl sites for hydroxylation is 2. The van der Waals surface area contributed by atoms with Crippen molar-refractivity contribution in [3.63, 3.8) is 0 Å². The largest absolute Gasteiger partial charge is 0.493 e. The number of non-ortho nitro benzene ring substituents is 1. The predicted molar refractivity (Wildman–Crippen MR) is 133 cm³/mol. The zero-order valence-electron chi connectivity index (χ0n) is 19.0. The van der Waals surface area contributed by atoms with Gasteiger partial charge in [-0.2, -0.15) is 0 Å². The second-order valence-electron chi connectivity index (χ2n) is 8.12. The zero-order valence-corrected chi connectivity index (χ0v) is 19.9. The average molecular weight is 494 g/mol. The van der Waals surface area contributed by atoms with Crippen molar-refractivity contribution in [2.75, 3.05) is 20.3 Å². The molecule has 1 N–H and O–H groups in total. The van der Waals surface area contributed by atoms with Crippen molar-refractivity contribution < 1.29 is 19.1 Å². The van der Waals surface area contributed by atoms with Crippen LogP contribution in [0.5, 0.6) is 17.2 Å². The van der Waals surface area contributed by atoms with Gasteiger partial charge in [0, 0.05) is 22.6 Å². The van der Waals surface area contributed by atoms with Crippen molar-refractivity contribution >= 4 is 27.2 Å². The number of thiophene rings is 1. The van der Waals surface area contributed by atoms with E-state index in [1.807, 2.05) is 6.07 Å². The number of nitrogens with zero attached hydrogens (tertiary/aromatic N) is 2. The third kappa shape index (κ3) is 4.69.